The standard InChI is InChI=1S/C14H21N5O/c1-2-8-20-13-6-5-11(9-12(13)15)4-3-7-16-14-17-10-18-19-14/h5-6,9-10H,2-4,7-8,15H2,1H3,(H2,16,17,18,19). The molecule has 0 saturated heterocycles. The summed E-state index contributed by atoms with van der Waals surface area (Å²) in [6, 6.07) is 6.00. The van der Waals surface area contributed by atoms with Crippen LogP contribution in [0.3, 0.4) is 0 Å². The van der Waals surface area contributed by atoms with Gasteiger partial charge in [-0.25, -0.2) is 10.1 Å². The van der Waals surface area contributed by atoms with Gasteiger partial charge in [-0.15, -0.1) is 0 Å². The van der Waals surface area contributed by atoms with Gasteiger partial charge in [0, 0.05) is 6.54 Å². The Bertz CT molecular complexity index is 512. The molecular weight excluding hydrogens is 254 g/mol. The number of anilines is 2. The Labute approximate surface area is 118 Å². The summed E-state index contributed by atoms with van der Waals surface area (Å²) >= 11 is 0. The maximum Gasteiger partial charge on any atom is 0.218 e. The third kappa shape index (κ3) is 4.15. The second kappa shape index (κ2) is 7.37. The maximum atomic E-state index is 5.98. The van der Waals surface area contributed by atoms with Gasteiger partial charge in [0.2, 0.25) is 5.95 Å². The van der Waals surface area contributed by atoms with Crippen LogP contribution in [0, 0.1) is 0 Å². The number of aromatic amines is 1. The molecule has 0 aliphatic rings. The van der Waals surface area contributed by atoms with Crippen molar-refractivity contribution in [2.75, 3.05) is 24.2 Å². The van der Waals surface area contributed by atoms with Crippen molar-refractivity contribution in [1.82, 2.24) is 15.2 Å². The largest absolute Gasteiger partial charge is 0.491 e. The van der Waals surface area contributed by atoms with E-state index in [-0.39, 0.29) is 0 Å². The Hall–Kier alpha value is -2.24. The van der Waals surface area contributed by atoms with Gasteiger partial charge in [-0.2, -0.15) is 5.10 Å². The molecule has 108 valence electrons. The summed E-state index contributed by atoms with van der Waals surface area (Å²) in [4.78, 5) is 4.00. The van der Waals surface area contributed by atoms with Gasteiger partial charge in [0.25, 0.3) is 0 Å². The molecule has 0 aliphatic heterocycles. The summed E-state index contributed by atoms with van der Waals surface area (Å²) in [5.41, 5.74) is 7.90. The first-order valence-electron chi connectivity index (χ1n) is 6.90. The molecule has 0 bridgehead atoms. The van der Waals surface area contributed by atoms with Crippen molar-refractivity contribution in [3.05, 3.63) is 30.1 Å². The van der Waals surface area contributed by atoms with Gasteiger partial charge in [0.15, 0.2) is 0 Å². The van der Waals surface area contributed by atoms with Crippen LogP contribution in [0.4, 0.5) is 11.6 Å². The number of nitrogen functional groups attached to an aromatic ring is 1. The average Bonchev–Trinajstić information content (AvgIpc) is 2.96. The van der Waals surface area contributed by atoms with Crippen LogP contribution in [0.1, 0.15) is 25.3 Å². The van der Waals surface area contributed by atoms with Gasteiger partial charge >= 0.3 is 0 Å². The topological polar surface area (TPSA) is 88.8 Å². The third-order valence-electron chi connectivity index (χ3n) is 2.89. The molecule has 2 rings (SSSR count). The summed E-state index contributed by atoms with van der Waals surface area (Å²) in [5.74, 6) is 1.48. The van der Waals surface area contributed by atoms with E-state index < -0.39 is 0 Å². The molecule has 1 aromatic carbocycles. The Morgan fingerprint density at radius 2 is 2.30 bits per heavy atom. The summed E-state index contributed by atoms with van der Waals surface area (Å²) < 4.78 is 5.56. The number of hydrogen-bond acceptors (Lipinski definition) is 5. The lowest BCUT2D eigenvalue weighted by atomic mass is 10.1. The number of hydrogen-bond donors (Lipinski definition) is 3. The van der Waals surface area contributed by atoms with Crippen molar-refractivity contribution in [3.63, 3.8) is 0 Å². The molecule has 2 aromatic rings. The van der Waals surface area contributed by atoms with Crippen LogP contribution in [-0.2, 0) is 6.42 Å². The predicted octanol–water partition coefficient (Wildman–Crippen LogP) is 2.22. The van der Waals surface area contributed by atoms with E-state index in [1.807, 2.05) is 12.1 Å². The zero-order chi connectivity index (χ0) is 14.2. The highest BCUT2D eigenvalue weighted by atomic mass is 16.5. The Morgan fingerprint density at radius 1 is 1.40 bits per heavy atom. The van der Waals surface area contributed by atoms with E-state index in [1.165, 1.54) is 11.9 Å². The van der Waals surface area contributed by atoms with Crippen molar-refractivity contribution in [1.29, 1.82) is 0 Å². The van der Waals surface area contributed by atoms with E-state index in [1.54, 1.807) is 0 Å². The first-order chi connectivity index (χ1) is 9.79. The molecule has 1 heterocycles. The first kappa shape index (κ1) is 14.2. The minimum atomic E-state index is 0.699. The van der Waals surface area contributed by atoms with Crippen LogP contribution in [0.5, 0.6) is 5.75 Å². The number of ether oxygens (including phenoxy) is 1. The van der Waals surface area contributed by atoms with E-state index >= 15 is 0 Å². The van der Waals surface area contributed by atoms with Crippen molar-refractivity contribution >= 4 is 11.6 Å². The van der Waals surface area contributed by atoms with Crippen molar-refractivity contribution < 1.29 is 4.74 Å². The molecule has 4 N–H and O–H groups in total. The molecular formula is C14H21N5O. The van der Waals surface area contributed by atoms with Crippen molar-refractivity contribution in [2.24, 2.45) is 0 Å². The van der Waals surface area contributed by atoms with Crippen LogP contribution >= 0.6 is 0 Å². The molecule has 0 radical (unpaired) electrons. The molecule has 0 fully saturated rings. The summed E-state index contributed by atoms with van der Waals surface area (Å²) in [6.07, 6.45) is 4.42. The van der Waals surface area contributed by atoms with E-state index in [9.17, 15) is 0 Å². The zero-order valence-corrected chi connectivity index (χ0v) is 11.7. The normalized spacial score (nSPS) is 10.4. The second-order valence-corrected chi connectivity index (χ2v) is 4.59. The van der Waals surface area contributed by atoms with Crippen LogP contribution in [0.2, 0.25) is 0 Å². The van der Waals surface area contributed by atoms with Gasteiger partial charge in [-0.3, -0.25) is 0 Å². The van der Waals surface area contributed by atoms with Crippen LogP contribution in [0.25, 0.3) is 0 Å². The van der Waals surface area contributed by atoms with Gasteiger partial charge in [0.05, 0.1) is 12.3 Å². The molecule has 6 heteroatoms. The minimum absolute atomic E-state index is 0.699. The smallest absolute Gasteiger partial charge is 0.218 e. The fraction of sp³-hybridized carbons (Fsp3) is 0.429. The molecule has 6 nitrogen and oxygen atoms in total. The highest BCUT2D eigenvalue weighted by Gasteiger charge is 2.02. The number of aromatic nitrogens is 3. The molecule has 1 aromatic heterocycles. The lowest BCUT2D eigenvalue weighted by molar-refractivity contribution is 0.319. The molecule has 0 unspecified atom stereocenters. The molecule has 0 atom stereocenters. The maximum absolute atomic E-state index is 5.98. The van der Waals surface area contributed by atoms with Crippen LogP contribution < -0.4 is 15.8 Å². The molecule has 0 aliphatic carbocycles. The number of nitrogens with one attached hydrogen (secondary N) is 2. The highest BCUT2D eigenvalue weighted by Crippen LogP contribution is 2.23. The minimum Gasteiger partial charge on any atom is -0.491 e. The summed E-state index contributed by atoms with van der Waals surface area (Å²) in [7, 11) is 0. The Balaban J connectivity index is 1.76. The molecule has 0 spiro atoms. The average molecular weight is 275 g/mol. The third-order valence-corrected chi connectivity index (χ3v) is 2.89. The molecule has 0 amide bonds. The van der Waals surface area contributed by atoms with Crippen molar-refractivity contribution in [3.8, 4) is 5.75 Å². The van der Waals surface area contributed by atoms with E-state index in [4.69, 9.17) is 10.5 Å². The number of rotatable bonds is 8. The number of nitrogens with zero attached hydrogens (tertiary/aromatic N) is 2. The number of H-pyrrole nitrogens is 1. The summed E-state index contributed by atoms with van der Waals surface area (Å²) in [5, 5.41) is 9.70. The van der Waals surface area contributed by atoms with Crippen molar-refractivity contribution in [2.45, 2.75) is 26.2 Å². The first-order valence-corrected chi connectivity index (χ1v) is 6.90. The zero-order valence-electron chi connectivity index (χ0n) is 11.7. The number of benzene rings is 1. The van der Waals surface area contributed by atoms with E-state index in [0.29, 0.717) is 18.2 Å². The molecule has 0 saturated carbocycles. The van der Waals surface area contributed by atoms with E-state index in [0.717, 1.165) is 31.6 Å². The Kier molecular flexibility index (Phi) is 5.23. The lowest BCUT2D eigenvalue weighted by Crippen LogP contribution is -2.05. The van der Waals surface area contributed by atoms with E-state index in [2.05, 4.69) is 33.5 Å². The fourth-order valence-corrected chi connectivity index (χ4v) is 1.89. The predicted molar refractivity (Wildman–Crippen MR) is 79.8 cm³/mol. The lowest BCUT2D eigenvalue weighted by Gasteiger charge is -2.09. The van der Waals surface area contributed by atoms with Gasteiger partial charge in [0.1, 0.15) is 12.1 Å². The van der Waals surface area contributed by atoms with Gasteiger partial charge < -0.3 is 15.8 Å². The number of aryl methyl sites for hydroxylation is 1. The monoisotopic (exact) mass is 275 g/mol. The molecule has 20 heavy (non-hydrogen) atoms. The Morgan fingerprint density at radius 3 is 3.00 bits per heavy atom. The quantitative estimate of drug-likeness (QED) is 0.508. The number of nitrogens with two attached hydrogens (primary N) is 1. The van der Waals surface area contributed by atoms with Gasteiger partial charge in [-0.1, -0.05) is 13.0 Å². The summed E-state index contributed by atoms with van der Waals surface area (Å²) in [6.45, 7) is 3.61. The van der Waals surface area contributed by atoms with Gasteiger partial charge in [-0.05, 0) is 37.0 Å². The SMILES string of the molecule is CCCOc1ccc(CCCNc2ncn[nH]2)cc1N. The second-order valence-electron chi connectivity index (χ2n) is 4.59. The highest BCUT2D eigenvalue weighted by molar-refractivity contribution is 5.54. The van der Waals surface area contributed by atoms with Crippen LogP contribution in [-0.4, -0.2) is 28.3 Å². The van der Waals surface area contributed by atoms with Crippen LogP contribution in [0.15, 0.2) is 24.5 Å². The fourth-order valence-electron chi connectivity index (χ4n) is 1.89.